The van der Waals surface area contributed by atoms with Crippen molar-refractivity contribution in [1.29, 1.82) is 0 Å². The number of nitrogens with one attached hydrogen (secondary N) is 2. The van der Waals surface area contributed by atoms with Crippen LogP contribution in [0.5, 0.6) is 0 Å². The normalized spacial score (nSPS) is 16.1. The predicted molar refractivity (Wildman–Crippen MR) is 90.9 cm³/mol. The van der Waals surface area contributed by atoms with Crippen LogP contribution in [0.4, 0.5) is 0 Å². The number of aryl methyl sites for hydroxylation is 1. The van der Waals surface area contributed by atoms with Crippen LogP contribution in [0.3, 0.4) is 0 Å². The van der Waals surface area contributed by atoms with E-state index in [0.717, 1.165) is 60.6 Å². The molecular weight excluding hydrogens is 294 g/mol. The number of hydrogen-bond acceptors (Lipinski definition) is 4. The minimum atomic E-state index is 0.130. The van der Waals surface area contributed by atoms with Gasteiger partial charge in [0.25, 0.3) is 0 Å². The number of carbonyl (C=O) groups is 1. The molecule has 1 aliphatic rings. The molecule has 0 saturated carbocycles. The molecule has 0 aliphatic carbocycles. The van der Waals surface area contributed by atoms with Gasteiger partial charge in [-0.05, 0) is 51.8 Å². The minimum absolute atomic E-state index is 0.130. The number of aromatic nitrogens is 2. The van der Waals surface area contributed by atoms with Crippen LogP contribution in [0.15, 0.2) is 5.38 Å². The van der Waals surface area contributed by atoms with Crippen molar-refractivity contribution >= 4 is 17.1 Å². The maximum absolute atomic E-state index is 11.9. The lowest BCUT2D eigenvalue weighted by Gasteiger charge is -2.20. The Hall–Kier alpha value is -1.46. The molecule has 0 aromatic carbocycles. The van der Waals surface area contributed by atoms with Crippen LogP contribution in [-0.2, 0) is 6.42 Å². The van der Waals surface area contributed by atoms with Crippen molar-refractivity contribution in [2.24, 2.45) is 0 Å². The number of carbonyl (C=O) groups excluding carboxylic acids is 1. The molecule has 118 valence electrons. The molecule has 2 N–H and O–H groups in total. The van der Waals surface area contributed by atoms with Gasteiger partial charge in [-0.2, -0.15) is 0 Å². The van der Waals surface area contributed by atoms with Gasteiger partial charge in [0.05, 0.1) is 16.4 Å². The van der Waals surface area contributed by atoms with Crippen LogP contribution in [0, 0.1) is 6.92 Å². The first-order valence-corrected chi connectivity index (χ1v) is 8.88. The van der Waals surface area contributed by atoms with Crippen molar-refractivity contribution in [3.8, 4) is 11.4 Å². The van der Waals surface area contributed by atoms with E-state index in [0.29, 0.717) is 5.92 Å². The van der Waals surface area contributed by atoms with Crippen molar-refractivity contribution in [3.63, 3.8) is 0 Å². The van der Waals surface area contributed by atoms with Crippen LogP contribution >= 0.6 is 11.3 Å². The number of H-pyrrole nitrogens is 1. The van der Waals surface area contributed by atoms with Crippen molar-refractivity contribution in [1.82, 2.24) is 15.3 Å². The summed E-state index contributed by atoms with van der Waals surface area (Å²) in [5.74, 6) is 0.707. The quantitative estimate of drug-likeness (QED) is 0.846. The van der Waals surface area contributed by atoms with Gasteiger partial charge in [-0.3, -0.25) is 4.79 Å². The van der Waals surface area contributed by atoms with Crippen LogP contribution in [0.1, 0.15) is 59.2 Å². The summed E-state index contributed by atoms with van der Waals surface area (Å²) in [7, 11) is 0. The Labute approximate surface area is 135 Å². The Balaban J connectivity index is 1.96. The van der Waals surface area contributed by atoms with E-state index in [1.165, 1.54) is 5.01 Å². The van der Waals surface area contributed by atoms with Crippen LogP contribution in [0.25, 0.3) is 11.4 Å². The zero-order valence-corrected chi connectivity index (χ0v) is 14.3. The Morgan fingerprint density at radius 3 is 2.77 bits per heavy atom. The van der Waals surface area contributed by atoms with E-state index in [2.05, 4.69) is 22.6 Å². The number of aromatic amines is 1. The SMILES string of the molecule is CCc1c(-c2csc(C3CCNCC3)n2)[nH]c(C)c1C(C)=O. The van der Waals surface area contributed by atoms with E-state index in [4.69, 9.17) is 4.98 Å². The third-order valence-electron chi connectivity index (χ3n) is 4.46. The first-order chi connectivity index (χ1) is 10.6. The van der Waals surface area contributed by atoms with Crippen molar-refractivity contribution in [2.75, 3.05) is 13.1 Å². The highest BCUT2D eigenvalue weighted by Gasteiger charge is 2.22. The summed E-state index contributed by atoms with van der Waals surface area (Å²) in [4.78, 5) is 20.2. The molecule has 3 heterocycles. The van der Waals surface area contributed by atoms with Crippen molar-refractivity contribution in [2.45, 2.75) is 46.0 Å². The topological polar surface area (TPSA) is 57.8 Å². The lowest BCUT2D eigenvalue weighted by Crippen LogP contribution is -2.26. The Kier molecular flexibility index (Phi) is 4.45. The van der Waals surface area contributed by atoms with Crippen molar-refractivity contribution < 1.29 is 4.79 Å². The van der Waals surface area contributed by atoms with Gasteiger partial charge >= 0.3 is 0 Å². The molecule has 0 radical (unpaired) electrons. The van der Waals surface area contributed by atoms with Gasteiger partial charge in [-0.1, -0.05) is 6.92 Å². The molecule has 0 spiro atoms. The zero-order valence-electron chi connectivity index (χ0n) is 13.5. The number of piperidine rings is 1. The van der Waals surface area contributed by atoms with Crippen LogP contribution in [0.2, 0.25) is 0 Å². The molecule has 4 nitrogen and oxygen atoms in total. The highest BCUT2D eigenvalue weighted by molar-refractivity contribution is 7.10. The average molecular weight is 317 g/mol. The van der Waals surface area contributed by atoms with E-state index in [1.54, 1.807) is 18.3 Å². The van der Waals surface area contributed by atoms with Gasteiger partial charge in [0, 0.05) is 22.6 Å². The molecule has 1 aliphatic heterocycles. The largest absolute Gasteiger partial charge is 0.356 e. The molecule has 0 atom stereocenters. The number of nitrogens with zero attached hydrogens (tertiary/aromatic N) is 1. The van der Waals surface area contributed by atoms with Gasteiger partial charge in [0.15, 0.2) is 5.78 Å². The minimum Gasteiger partial charge on any atom is -0.356 e. The summed E-state index contributed by atoms with van der Waals surface area (Å²) in [6.45, 7) is 7.87. The first-order valence-electron chi connectivity index (χ1n) is 8.00. The molecule has 0 bridgehead atoms. The van der Waals surface area contributed by atoms with Gasteiger partial charge < -0.3 is 10.3 Å². The number of rotatable bonds is 4. The smallest absolute Gasteiger partial charge is 0.161 e. The molecule has 2 aromatic heterocycles. The Morgan fingerprint density at radius 2 is 2.14 bits per heavy atom. The highest BCUT2D eigenvalue weighted by Crippen LogP contribution is 2.34. The maximum Gasteiger partial charge on any atom is 0.161 e. The van der Waals surface area contributed by atoms with Gasteiger partial charge in [-0.25, -0.2) is 4.98 Å². The second-order valence-corrected chi connectivity index (χ2v) is 6.87. The fourth-order valence-corrected chi connectivity index (χ4v) is 4.37. The lowest BCUT2D eigenvalue weighted by atomic mass is 9.99. The predicted octanol–water partition coefficient (Wildman–Crippen LogP) is 3.68. The third kappa shape index (κ3) is 2.75. The van der Waals surface area contributed by atoms with E-state index < -0.39 is 0 Å². The van der Waals surface area contributed by atoms with Crippen LogP contribution in [-0.4, -0.2) is 28.8 Å². The molecule has 3 rings (SSSR count). The summed E-state index contributed by atoms with van der Waals surface area (Å²) in [5, 5.41) is 6.76. The van der Waals surface area contributed by atoms with Crippen LogP contribution < -0.4 is 5.32 Å². The second-order valence-electron chi connectivity index (χ2n) is 5.98. The molecule has 22 heavy (non-hydrogen) atoms. The van der Waals surface area contributed by atoms with Crippen molar-refractivity contribution in [3.05, 3.63) is 27.2 Å². The molecular formula is C17H23N3OS. The number of thiazole rings is 1. The summed E-state index contributed by atoms with van der Waals surface area (Å²) >= 11 is 1.75. The molecule has 2 aromatic rings. The lowest BCUT2D eigenvalue weighted by molar-refractivity contribution is 0.101. The third-order valence-corrected chi connectivity index (χ3v) is 5.47. The molecule has 1 fully saturated rings. The number of hydrogen-bond donors (Lipinski definition) is 2. The van der Waals surface area contributed by atoms with E-state index >= 15 is 0 Å². The monoisotopic (exact) mass is 317 g/mol. The second kappa shape index (κ2) is 6.34. The van der Waals surface area contributed by atoms with E-state index in [9.17, 15) is 4.79 Å². The average Bonchev–Trinajstić information content (AvgIpc) is 3.12. The standard InChI is InChI=1S/C17H23N3OS/c1-4-13-15(11(3)21)10(2)19-16(13)14-9-22-17(20-14)12-5-7-18-8-6-12/h9,12,18-19H,4-8H2,1-3H3. The summed E-state index contributed by atoms with van der Waals surface area (Å²) < 4.78 is 0. The molecule has 5 heteroatoms. The number of ketones is 1. The highest BCUT2D eigenvalue weighted by atomic mass is 32.1. The summed E-state index contributed by atoms with van der Waals surface area (Å²) in [5.41, 5.74) is 4.92. The summed E-state index contributed by atoms with van der Waals surface area (Å²) in [6, 6.07) is 0. The van der Waals surface area contributed by atoms with Gasteiger partial charge in [-0.15, -0.1) is 11.3 Å². The van der Waals surface area contributed by atoms with E-state index in [1.807, 2.05) is 6.92 Å². The van der Waals surface area contributed by atoms with Gasteiger partial charge in [0.1, 0.15) is 0 Å². The molecule has 0 unspecified atom stereocenters. The number of Topliss-reactive ketones (excluding diaryl/α,β-unsaturated/α-hetero) is 1. The maximum atomic E-state index is 11.9. The fraction of sp³-hybridized carbons (Fsp3) is 0.529. The Bertz CT molecular complexity index is 680. The first kappa shape index (κ1) is 15.4. The molecule has 0 amide bonds. The Morgan fingerprint density at radius 1 is 1.41 bits per heavy atom. The summed E-state index contributed by atoms with van der Waals surface area (Å²) in [6.07, 6.45) is 3.17. The van der Waals surface area contributed by atoms with Gasteiger partial charge in [0.2, 0.25) is 0 Å². The fourth-order valence-electron chi connectivity index (χ4n) is 3.38. The zero-order chi connectivity index (χ0) is 15.7. The van der Waals surface area contributed by atoms with E-state index in [-0.39, 0.29) is 5.78 Å². The molecule has 1 saturated heterocycles.